The molecule has 0 saturated carbocycles. The van der Waals surface area contributed by atoms with Gasteiger partial charge in [0, 0.05) is 5.57 Å². The second-order valence-electron chi connectivity index (χ2n) is 3.71. The number of carbonyl (C=O) groups is 1. The van der Waals surface area contributed by atoms with Crippen molar-refractivity contribution in [3.05, 3.63) is 24.3 Å². The predicted octanol–water partition coefficient (Wildman–Crippen LogP) is 2.21. The van der Waals surface area contributed by atoms with Gasteiger partial charge in [-0.3, -0.25) is 0 Å². The Labute approximate surface area is 91.4 Å². The number of ether oxygens (including phenoxy) is 1. The smallest absolute Gasteiger partial charge is 0.333 e. The molecule has 3 heteroatoms. The molecule has 0 amide bonds. The number of hydrogen-bond acceptors (Lipinski definition) is 3. The molecule has 0 radical (unpaired) electrons. The Kier molecular flexibility index (Phi) is 5.94. The Bertz CT molecular complexity index is 252. The summed E-state index contributed by atoms with van der Waals surface area (Å²) < 4.78 is 4.82. The first-order chi connectivity index (χ1) is 6.93. The van der Waals surface area contributed by atoms with E-state index >= 15 is 0 Å². The predicted molar refractivity (Wildman–Crippen MR) is 60.4 cm³/mol. The first-order valence-corrected chi connectivity index (χ1v) is 5.13. The molecule has 0 aromatic rings. The van der Waals surface area contributed by atoms with Gasteiger partial charge in [0.1, 0.15) is 0 Å². The van der Waals surface area contributed by atoms with Gasteiger partial charge in [-0.25, -0.2) is 4.79 Å². The lowest BCUT2D eigenvalue weighted by molar-refractivity contribution is -0.138. The van der Waals surface area contributed by atoms with Gasteiger partial charge in [0.25, 0.3) is 0 Å². The molecule has 0 aliphatic carbocycles. The Morgan fingerprint density at radius 1 is 1.60 bits per heavy atom. The molecule has 1 N–H and O–H groups in total. The van der Waals surface area contributed by atoms with Crippen LogP contribution in [0.25, 0.3) is 0 Å². The molecule has 0 rings (SSSR count). The molecule has 1 unspecified atom stereocenters. The Hall–Kier alpha value is -1.09. The zero-order chi connectivity index (χ0) is 11.9. The maximum Gasteiger partial charge on any atom is 0.333 e. The standard InChI is InChI=1S/C12H20O3/c1-5-12(4,14)9-7-8-10(3)11(13)15-6-2/h5,8,14H,1,6-7,9H2,2-4H3/b10-8+. The van der Waals surface area contributed by atoms with Crippen LogP contribution < -0.4 is 0 Å². The van der Waals surface area contributed by atoms with Crippen LogP contribution in [0.15, 0.2) is 24.3 Å². The molecular formula is C12H20O3. The normalized spacial score (nSPS) is 15.6. The molecule has 0 saturated heterocycles. The molecule has 0 bridgehead atoms. The number of carbonyl (C=O) groups excluding carboxylic acids is 1. The Balaban J connectivity index is 4.06. The van der Waals surface area contributed by atoms with Crippen molar-refractivity contribution in [3.63, 3.8) is 0 Å². The lowest BCUT2D eigenvalue weighted by atomic mass is 10.00. The van der Waals surface area contributed by atoms with Crippen LogP contribution in [0.2, 0.25) is 0 Å². The minimum atomic E-state index is -0.870. The van der Waals surface area contributed by atoms with Crippen molar-refractivity contribution in [1.29, 1.82) is 0 Å². The summed E-state index contributed by atoms with van der Waals surface area (Å²) in [5.74, 6) is -0.296. The largest absolute Gasteiger partial charge is 0.463 e. The summed E-state index contributed by atoms with van der Waals surface area (Å²) in [5, 5.41) is 9.61. The second kappa shape index (κ2) is 6.40. The Morgan fingerprint density at radius 3 is 2.67 bits per heavy atom. The van der Waals surface area contributed by atoms with Gasteiger partial charge in [0.2, 0.25) is 0 Å². The van der Waals surface area contributed by atoms with Gasteiger partial charge in [-0.2, -0.15) is 0 Å². The fraction of sp³-hybridized carbons (Fsp3) is 0.583. The van der Waals surface area contributed by atoms with Crippen LogP contribution in [0.4, 0.5) is 0 Å². The van der Waals surface area contributed by atoms with Gasteiger partial charge in [0.15, 0.2) is 0 Å². The van der Waals surface area contributed by atoms with E-state index in [4.69, 9.17) is 4.74 Å². The lowest BCUT2D eigenvalue weighted by Crippen LogP contribution is -2.19. The molecular weight excluding hydrogens is 192 g/mol. The van der Waals surface area contributed by atoms with Gasteiger partial charge in [0.05, 0.1) is 12.2 Å². The van der Waals surface area contributed by atoms with Gasteiger partial charge in [-0.05, 0) is 33.6 Å². The van der Waals surface area contributed by atoms with Gasteiger partial charge in [-0.15, -0.1) is 6.58 Å². The highest BCUT2D eigenvalue weighted by atomic mass is 16.5. The summed E-state index contributed by atoms with van der Waals surface area (Å²) in [4.78, 5) is 11.2. The summed E-state index contributed by atoms with van der Waals surface area (Å²) in [6.07, 6.45) is 4.45. The van der Waals surface area contributed by atoms with Crippen LogP contribution in [-0.2, 0) is 9.53 Å². The first-order valence-electron chi connectivity index (χ1n) is 5.13. The fourth-order valence-electron chi connectivity index (χ4n) is 1.01. The molecule has 3 nitrogen and oxygen atoms in total. The molecule has 0 heterocycles. The van der Waals surface area contributed by atoms with Crippen molar-refractivity contribution < 1.29 is 14.6 Å². The van der Waals surface area contributed by atoms with E-state index in [2.05, 4.69) is 6.58 Å². The molecule has 0 fully saturated rings. The maximum atomic E-state index is 11.2. The summed E-state index contributed by atoms with van der Waals surface area (Å²) in [7, 11) is 0. The van der Waals surface area contributed by atoms with Crippen LogP contribution in [0.5, 0.6) is 0 Å². The summed E-state index contributed by atoms with van der Waals surface area (Å²) in [6.45, 7) is 9.08. The van der Waals surface area contributed by atoms with Crippen molar-refractivity contribution in [3.8, 4) is 0 Å². The van der Waals surface area contributed by atoms with E-state index in [1.807, 2.05) is 0 Å². The monoisotopic (exact) mass is 212 g/mol. The number of esters is 1. The van der Waals surface area contributed by atoms with Crippen LogP contribution in [0.1, 0.15) is 33.6 Å². The average Bonchev–Trinajstić information content (AvgIpc) is 2.18. The van der Waals surface area contributed by atoms with Crippen molar-refractivity contribution in [2.45, 2.75) is 39.2 Å². The summed E-state index contributed by atoms with van der Waals surface area (Å²) >= 11 is 0. The number of aliphatic hydroxyl groups is 1. The van der Waals surface area contributed by atoms with Crippen molar-refractivity contribution in [2.24, 2.45) is 0 Å². The quantitative estimate of drug-likeness (QED) is 0.417. The molecule has 0 aliphatic heterocycles. The van der Waals surface area contributed by atoms with Crippen molar-refractivity contribution in [2.75, 3.05) is 6.61 Å². The molecule has 0 aromatic heterocycles. The van der Waals surface area contributed by atoms with E-state index in [1.54, 1.807) is 26.8 Å². The zero-order valence-corrected chi connectivity index (χ0v) is 9.75. The molecule has 0 aromatic carbocycles. The number of hydrogen-bond donors (Lipinski definition) is 1. The molecule has 0 spiro atoms. The number of allylic oxidation sites excluding steroid dienone is 1. The highest BCUT2D eigenvalue weighted by Crippen LogP contribution is 2.14. The number of rotatable bonds is 6. The zero-order valence-electron chi connectivity index (χ0n) is 9.75. The van der Waals surface area contributed by atoms with Crippen LogP contribution in [0.3, 0.4) is 0 Å². The molecule has 1 atom stereocenters. The van der Waals surface area contributed by atoms with E-state index < -0.39 is 5.60 Å². The highest BCUT2D eigenvalue weighted by molar-refractivity contribution is 5.87. The van der Waals surface area contributed by atoms with Crippen molar-refractivity contribution in [1.82, 2.24) is 0 Å². The van der Waals surface area contributed by atoms with Crippen LogP contribution >= 0.6 is 0 Å². The third-order valence-corrected chi connectivity index (χ3v) is 2.14. The Morgan fingerprint density at radius 2 is 2.20 bits per heavy atom. The van der Waals surface area contributed by atoms with E-state index in [0.29, 0.717) is 25.0 Å². The maximum absolute atomic E-state index is 11.2. The third-order valence-electron chi connectivity index (χ3n) is 2.14. The third kappa shape index (κ3) is 6.07. The topological polar surface area (TPSA) is 46.5 Å². The van der Waals surface area contributed by atoms with Crippen LogP contribution in [0, 0.1) is 0 Å². The van der Waals surface area contributed by atoms with E-state index in [1.165, 1.54) is 6.08 Å². The van der Waals surface area contributed by atoms with E-state index in [0.717, 1.165) is 0 Å². The van der Waals surface area contributed by atoms with Crippen molar-refractivity contribution >= 4 is 5.97 Å². The summed E-state index contributed by atoms with van der Waals surface area (Å²) in [5.41, 5.74) is -0.289. The minimum absolute atomic E-state index is 0.296. The fourth-order valence-corrected chi connectivity index (χ4v) is 1.01. The first kappa shape index (κ1) is 13.9. The van der Waals surface area contributed by atoms with E-state index in [-0.39, 0.29) is 5.97 Å². The average molecular weight is 212 g/mol. The minimum Gasteiger partial charge on any atom is -0.463 e. The highest BCUT2D eigenvalue weighted by Gasteiger charge is 2.13. The molecule has 0 aliphatic rings. The SMILES string of the molecule is C=CC(C)(O)CC/C=C(\C)C(=O)OCC. The molecule has 15 heavy (non-hydrogen) atoms. The van der Waals surface area contributed by atoms with Gasteiger partial charge < -0.3 is 9.84 Å². The van der Waals surface area contributed by atoms with E-state index in [9.17, 15) is 9.90 Å². The summed E-state index contributed by atoms with van der Waals surface area (Å²) in [6, 6.07) is 0. The second-order valence-corrected chi connectivity index (χ2v) is 3.71. The van der Waals surface area contributed by atoms with Crippen LogP contribution in [-0.4, -0.2) is 23.3 Å². The molecule has 86 valence electrons. The lowest BCUT2D eigenvalue weighted by Gasteiger charge is -2.16. The van der Waals surface area contributed by atoms with Gasteiger partial charge in [-0.1, -0.05) is 12.2 Å². The van der Waals surface area contributed by atoms with Gasteiger partial charge >= 0.3 is 5.97 Å².